The molecule has 0 bridgehead atoms. The molecule has 1 aliphatic rings. The normalized spacial score (nSPS) is 12.7. The van der Waals surface area contributed by atoms with Crippen molar-refractivity contribution in [3.8, 4) is 5.75 Å². The van der Waals surface area contributed by atoms with Crippen molar-refractivity contribution in [3.63, 3.8) is 0 Å². The lowest BCUT2D eigenvalue weighted by atomic mass is 10.0. The number of hydrogen-bond donors (Lipinski definition) is 2. The van der Waals surface area contributed by atoms with Crippen LogP contribution < -0.4 is 15.4 Å². The average Bonchev–Trinajstić information content (AvgIpc) is 3.03. The van der Waals surface area contributed by atoms with Gasteiger partial charge in [-0.25, -0.2) is 0 Å². The monoisotopic (exact) mass is 394 g/mol. The quantitative estimate of drug-likeness (QED) is 0.423. The number of nitrogens with one attached hydrogen (secondary N) is 2. The third-order valence-electron chi connectivity index (χ3n) is 5.21. The standard InChI is InChI=1S/C24H30N2O3/c1-2-3-4-5-15-25-16-13-18-9-11-20(12-10-18)29-17-14-19-7-6-8-21-22(19)24(28)26-23(21)27/h6-12,25H,2-5,13-17H2,1H3,(H,26,27,28). The van der Waals surface area contributed by atoms with Gasteiger partial charge in [0.25, 0.3) is 11.8 Å². The number of carbonyl (C=O) groups excluding carboxylic acids is 2. The van der Waals surface area contributed by atoms with Gasteiger partial charge in [0.15, 0.2) is 0 Å². The van der Waals surface area contributed by atoms with Crippen LogP contribution in [0, 0.1) is 0 Å². The summed E-state index contributed by atoms with van der Waals surface area (Å²) in [7, 11) is 0. The Kier molecular flexibility index (Phi) is 7.82. The molecule has 3 rings (SSSR count). The number of unbranched alkanes of at least 4 members (excludes halogenated alkanes) is 3. The second-order valence-corrected chi connectivity index (χ2v) is 7.43. The zero-order valence-electron chi connectivity index (χ0n) is 17.1. The maximum absolute atomic E-state index is 12.0. The summed E-state index contributed by atoms with van der Waals surface area (Å²) in [6, 6.07) is 13.5. The Morgan fingerprint density at radius 3 is 2.52 bits per heavy atom. The van der Waals surface area contributed by atoms with Crippen LogP contribution in [-0.2, 0) is 12.8 Å². The molecule has 2 amide bonds. The molecule has 2 aromatic carbocycles. The van der Waals surface area contributed by atoms with Gasteiger partial charge in [-0.1, -0.05) is 50.5 Å². The molecule has 0 unspecified atom stereocenters. The molecule has 0 saturated carbocycles. The van der Waals surface area contributed by atoms with E-state index in [1.807, 2.05) is 18.2 Å². The first-order valence-electron chi connectivity index (χ1n) is 10.6. The van der Waals surface area contributed by atoms with Crippen molar-refractivity contribution in [1.82, 2.24) is 10.6 Å². The SMILES string of the molecule is CCCCCCNCCc1ccc(OCCc2cccc3c2C(=O)NC3=O)cc1. The van der Waals surface area contributed by atoms with Crippen molar-refractivity contribution in [2.75, 3.05) is 19.7 Å². The van der Waals surface area contributed by atoms with E-state index in [1.54, 1.807) is 12.1 Å². The largest absolute Gasteiger partial charge is 0.493 e. The number of hydrogen-bond acceptors (Lipinski definition) is 4. The van der Waals surface area contributed by atoms with Gasteiger partial charge in [0.2, 0.25) is 0 Å². The van der Waals surface area contributed by atoms with Crippen LogP contribution in [0.3, 0.4) is 0 Å². The number of rotatable bonds is 12. The zero-order chi connectivity index (χ0) is 20.5. The fourth-order valence-corrected chi connectivity index (χ4v) is 3.56. The van der Waals surface area contributed by atoms with E-state index in [1.165, 1.54) is 31.2 Å². The van der Waals surface area contributed by atoms with Gasteiger partial charge in [-0.2, -0.15) is 0 Å². The first-order valence-corrected chi connectivity index (χ1v) is 10.6. The summed E-state index contributed by atoms with van der Waals surface area (Å²) in [6.07, 6.45) is 6.74. The van der Waals surface area contributed by atoms with Gasteiger partial charge in [-0.05, 0) is 55.3 Å². The molecule has 1 heterocycles. The second kappa shape index (κ2) is 10.8. The number of carbonyl (C=O) groups is 2. The van der Waals surface area contributed by atoms with Crippen LogP contribution in [0.1, 0.15) is 64.4 Å². The minimum absolute atomic E-state index is 0.316. The van der Waals surface area contributed by atoms with Crippen LogP contribution in [0.5, 0.6) is 5.75 Å². The molecule has 0 spiro atoms. The van der Waals surface area contributed by atoms with Crippen molar-refractivity contribution >= 4 is 11.8 Å². The Labute approximate surface area is 172 Å². The van der Waals surface area contributed by atoms with Gasteiger partial charge in [0.05, 0.1) is 17.7 Å². The Hall–Kier alpha value is -2.66. The number of benzene rings is 2. The highest BCUT2D eigenvalue weighted by atomic mass is 16.5. The summed E-state index contributed by atoms with van der Waals surface area (Å²) < 4.78 is 5.84. The minimum atomic E-state index is -0.321. The number of imide groups is 1. The second-order valence-electron chi connectivity index (χ2n) is 7.43. The van der Waals surface area contributed by atoms with E-state index in [2.05, 4.69) is 29.7 Å². The topological polar surface area (TPSA) is 67.4 Å². The van der Waals surface area contributed by atoms with Gasteiger partial charge < -0.3 is 10.1 Å². The van der Waals surface area contributed by atoms with Crippen LogP contribution in [0.15, 0.2) is 42.5 Å². The molecular formula is C24H30N2O3. The molecule has 0 fully saturated rings. The van der Waals surface area contributed by atoms with Crippen molar-refractivity contribution in [2.24, 2.45) is 0 Å². The van der Waals surface area contributed by atoms with Crippen molar-refractivity contribution in [2.45, 2.75) is 45.4 Å². The van der Waals surface area contributed by atoms with Crippen LogP contribution >= 0.6 is 0 Å². The van der Waals surface area contributed by atoms with Crippen LogP contribution in [-0.4, -0.2) is 31.5 Å². The average molecular weight is 395 g/mol. The van der Waals surface area contributed by atoms with Crippen LogP contribution in [0.25, 0.3) is 0 Å². The number of fused-ring (bicyclic) bond motifs is 1. The first-order chi connectivity index (χ1) is 14.2. The van der Waals surface area contributed by atoms with Crippen molar-refractivity contribution in [1.29, 1.82) is 0 Å². The molecule has 0 atom stereocenters. The summed E-state index contributed by atoms with van der Waals surface area (Å²) in [6.45, 7) is 4.77. The summed E-state index contributed by atoms with van der Waals surface area (Å²) in [5, 5.41) is 5.85. The number of ether oxygens (including phenoxy) is 1. The Balaban J connectivity index is 1.40. The van der Waals surface area contributed by atoms with E-state index in [4.69, 9.17) is 4.74 Å². The molecule has 0 aliphatic carbocycles. The fraction of sp³-hybridized carbons (Fsp3) is 0.417. The summed E-state index contributed by atoms with van der Waals surface area (Å²) >= 11 is 0. The van der Waals surface area contributed by atoms with Crippen molar-refractivity contribution < 1.29 is 14.3 Å². The maximum Gasteiger partial charge on any atom is 0.259 e. The molecule has 5 nitrogen and oxygen atoms in total. The van der Waals surface area contributed by atoms with E-state index in [-0.39, 0.29) is 11.8 Å². The highest BCUT2D eigenvalue weighted by Gasteiger charge is 2.28. The third kappa shape index (κ3) is 5.91. The van der Waals surface area contributed by atoms with Gasteiger partial charge in [0, 0.05) is 6.42 Å². The Morgan fingerprint density at radius 2 is 1.72 bits per heavy atom. The van der Waals surface area contributed by atoms with E-state index in [0.717, 1.165) is 30.8 Å². The molecule has 0 saturated heterocycles. The van der Waals surface area contributed by atoms with Crippen molar-refractivity contribution in [3.05, 3.63) is 64.7 Å². The maximum atomic E-state index is 12.0. The molecular weight excluding hydrogens is 364 g/mol. The van der Waals surface area contributed by atoms with Gasteiger partial charge in [-0.15, -0.1) is 0 Å². The summed E-state index contributed by atoms with van der Waals surface area (Å²) in [4.78, 5) is 23.7. The number of amides is 2. The highest BCUT2D eigenvalue weighted by Crippen LogP contribution is 2.21. The molecule has 154 valence electrons. The summed E-state index contributed by atoms with van der Waals surface area (Å²) in [5.74, 6) is 0.178. The first kappa shape index (κ1) is 21.1. The molecule has 29 heavy (non-hydrogen) atoms. The smallest absolute Gasteiger partial charge is 0.259 e. The Morgan fingerprint density at radius 1 is 0.897 bits per heavy atom. The lowest BCUT2D eigenvalue weighted by molar-refractivity contribution is 0.0879. The van der Waals surface area contributed by atoms with Gasteiger partial charge in [-0.3, -0.25) is 14.9 Å². The van der Waals surface area contributed by atoms with Crippen LogP contribution in [0.2, 0.25) is 0 Å². The van der Waals surface area contributed by atoms with E-state index in [0.29, 0.717) is 24.2 Å². The fourth-order valence-electron chi connectivity index (χ4n) is 3.56. The van der Waals surface area contributed by atoms with Crippen LogP contribution in [0.4, 0.5) is 0 Å². The lowest BCUT2D eigenvalue weighted by Gasteiger charge is -2.09. The Bertz CT molecular complexity index is 831. The third-order valence-corrected chi connectivity index (χ3v) is 5.21. The molecule has 2 aromatic rings. The molecule has 5 heteroatoms. The lowest BCUT2D eigenvalue weighted by Crippen LogP contribution is -2.20. The predicted octanol–water partition coefficient (Wildman–Crippen LogP) is 3.90. The van der Waals surface area contributed by atoms with E-state index >= 15 is 0 Å². The molecule has 0 aromatic heterocycles. The zero-order valence-corrected chi connectivity index (χ0v) is 17.1. The molecule has 0 radical (unpaired) electrons. The van der Waals surface area contributed by atoms with Gasteiger partial charge >= 0.3 is 0 Å². The van der Waals surface area contributed by atoms with E-state index < -0.39 is 0 Å². The molecule has 1 aliphatic heterocycles. The highest BCUT2D eigenvalue weighted by molar-refractivity contribution is 6.22. The summed E-state index contributed by atoms with van der Waals surface area (Å²) in [5.41, 5.74) is 3.07. The minimum Gasteiger partial charge on any atom is -0.493 e. The predicted molar refractivity (Wildman–Crippen MR) is 115 cm³/mol. The van der Waals surface area contributed by atoms with E-state index in [9.17, 15) is 9.59 Å². The molecule has 2 N–H and O–H groups in total. The van der Waals surface area contributed by atoms with Gasteiger partial charge in [0.1, 0.15) is 5.75 Å².